The van der Waals surface area contributed by atoms with Crippen molar-refractivity contribution in [2.75, 3.05) is 11.9 Å². The van der Waals surface area contributed by atoms with Gasteiger partial charge >= 0.3 is 5.97 Å². The van der Waals surface area contributed by atoms with Gasteiger partial charge in [0.25, 0.3) is 5.91 Å². The number of amides is 1. The Balaban J connectivity index is 2.10. The second-order valence-corrected chi connectivity index (χ2v) is 5.72. The van der Waals surface area contributed by atoms with Crippen molar-refractivity contribution in [1.82, 2.24) is 4.98 Å². The highest BCUT2D eigenvalue weighted by Gasteiger charge is 2.18. The van der Waals surface area contributed by atoms with Gasteiger partial charge in [0.15, 0.2) is 5.13 Å². The first kappa shape index (κ1) is 16.2. The number of aromatic nitrogens is 1. The van der Waals surface area contributed by atoms with Gasteiger partial charge in [-0.05, 0) is 31.2 Å². The number of benzene rings is 1. The summed E-state index contributed by atoms with van der Waals surface area (Å²) in [7, 11) is 0. The maximum absolute atomic E-state index is 12.1. The maximum atomic E-state index is 12.1. The largest absolute Gasteiger partial charge is 0.457 e. The van der Waals surface area contributed by atoms with E-state index in [1.54, 1.807) is 31.2 Å². The lowest BCUT2D eigenvalue weighted by atomic mass is 10.2. The first-order valence-corrected chi connectivity index (χ1v) is 7.53. The highest BCUT2D eigenvalue weighted by Crippen LogP contribution is 2.24. The number of nitrogens with zero attached hydrogens (tertiary/aromatic N) is 1. The molecule has 0 saturated heterocycles. The molecule has 5 nitrogen and oxygen atoms in total. The van der Waals surface area contributed by atoms with E-state index in [4.69, 9.17) is 16.3 Å². The number of hydrogen-bond acceptors (Lipinski definition) is 5. The summed E-state index contributed by atoms with van der Waals surface area (Å²) >= 11 is 6.84. The summed E-state index contributed by atoms with van der Waals surface area (Å²) < 4.78 is 4.96. The van der Waals surface area contributed by atoms with Crippen LogP contribution in [0.3, 0.4) is 0 Å². The third-order valence-corrected chi connectivity index (χ3v) is 3.95. The van der Waals surface area contributed by atoms with Crippen LogP contribution in [-0.2, 0) is 4.74 Å². The molecule has 2 rings (SSSR count). The maximum Gasteiger partial charge on any atom is 0.350 e. The van der Waals surface area contributed by atoms with Crippen LogP contribution >= 0.6 is 22.9 Å². The van der Waals surface area contributed by atoms with Crippen LogP contribution in [0, 0.1) is 6.92 Å². The van der Waals surface area contributed by atoms with Crippen molar-refractivity contribution >= 4 is 39.9 Å². The summed E-state index contributed by atoms with van der Waals surface area (Å²) in [5, 5.41) is 3.53. The Morgan fingerprint density at radius 3 is 2.73 bits per heavy atom. The van der Waals surface area contributed by atoms with Gasteiger partial charge in [-0.3, -0.25) is 10.1 Å². The molecular weight excluding hydrogens is 324 g/mol. The summed E-state index contributed by atoms with van der Waals surface area (Å²) in [6.45, 7) is 5.28. The number of nitrogens with one attached hydrogen (secondary N) is 1. The van der Waals surface area contributed by atoms with Crippen LogP contribution in [0.2, 0.25) is 5.02 Å². The molecule has 0 saturated carbocycles. The molecule has 0 atom stereocenters. The molecule has 0 aliphatic carbocycles. The highest BCUT2D eigenvalue weighted by atomic mass is 35.5. The fourth-order valence-electron chi connectivity index (χ4n) is 1.61. The van der Waals surface area contributed by atoms with E-state index in [-0.39, 0.29) is 12.5 Å². The molecule has 114 valence electrons. The fourth-order valence-corrected chi connectivity index (χ4v) is 2.59. The molecule has 2 aromatic rings. The van der Waals surface area contributed by atoms with Gasteiger partial charge in [-0.25, -0.2) is 9.78 Å². The van der Waals surface area contributed by atoms with Gasteiger partial charge in [-0.1, -0.05) is 35.6 Å². The summed E-state index contributed by atoms with van der Waals surface area (Å²) in [4.78, 5) is 28.4. The molecule has 0 unspecified atom stereocenters. The van der Waals surface area contributed by atoms with Gasteiger partial charge in [0.2, 0.25) is 0 Å². The lowest BCUT2D eigenvalue weighted by Crippen LogP contribution is -2.11. The molecule has 0 radical (unpaired) electrons. The molecular formula is C15H13ClN2O3S. The number of aryl methyl sites for hydroxylation is 1. The zero-order valence-electron chi connectivity index (χ0n) is 11.8. The van der Waals surface area contributed by atoms with Gasteiger partial charge in [-0.2, -0.15) is 0 Å². The number of esters is 1. The van der Waals surface area contributed by atoms with Crippen molar-refractivity contribution in [2.45, 2.75) is 6.92 Å². The Hall–Kier alpha value is -2.18. The van der Waals surface area contributed by atoms with Crippen LogP contribution in [-0.4, -0.2) is 23.5 Å². The van der Waals surface area contributed by atoms with Gasteiger partial charge < -0.3 is 4.74 Å². The summed E-state index contributed by atoms with van der Waals surface area (Å²) in [6, 6.07) is 6.47. The SMILES string of the molecule is C=CCOC(=O)c1sc(NC(=O)c2ccc(Cl)cc2)nc1C. The average molecular weight is 337 g/mol. The first-order chi connectivity index (χ1) is 10.5. The molecule has 1 amide bonds. The van der Waals surface area contributed by atoms with Crippen molar-refractivity contribution in [2.24, 2.45) is 0 Å². The van der Waals surface area contributed by atoms with Crippen molar-refractivity contribution in [1.29, 1.82) is 0 Å². The van der Waals surface area contributed by atoms with Gasteiger partial charge in [0, 0.05) is 10.6 Å². The van der Waals surface area contributed by atoms with E-state index in [1.165, 1.54) is 6.08 Å². The molecule has 1 heterocycles. The predicted molar refractivity (Wildman–Crippen MR) is 86.7 cm³/mol. The predicted octanol–water partition coefficient (Wildman–Crippen LogP) is 3.70. The van der Waals surface area contributed by atoms with Crippen LogP contribution in [0.1, 0.15) is 25.7 Å². The van der Waals surface area contributed by atoms with E-state index in [2.05, 4.69) is 16.9 Å². The van der Waals surface area contributed by atoms with Crippen molar-refractivity contribution < 1.29 is 14.3 Å². The smallest absolute Gasteiger partial charge is 0.350 e. The number of halogens is 1. The van der Waals surface area contributed by atoms with Crippen LogP contribution in [0.25, 0.3) is 0 Å². The highest BCUT2D eigenvalue weighted by molar-refractivity contribution is 7.17. The zero-order chi connectivity index (χ0) is 16.1. The van der Waals surface area contributed by atoms with Crippen molar-refractivity contribution in [3.8, 4) is 0 Å². The number of ether oxygens (including phenoxy) is 1. The van der Waals surface area contributed by atoms with Crippen LogP contribution in [0.4, 0.5) is 5.13 Å². The lowest BCUT2D eigenvalue weighted by Gasteiger charge is -2.01. The second kappa shape index (κ2) is 7.20. The van der Waals surface area contributed by atoms with Crippen molar-refractivity contribution in [3.63, 3.8) is 0 Å². The Morgan fingerprint density at radius 2 is 2.09 bits per heavy atom. The Bertz CT molecular complexity index is 710. The summed E-state index contributed by atoms with van der Waals surface area (Å²) in [5.41, 5.74) is 0.957. The zero-order valence-corrected chi connectivity index (χ0v) is 13.3. The van der Waals surface area contributed by atoms with E-state index in [0.717, 1.165) is 11.3 Å². The molecule has 22 heavy (non-hydrogen) atoms. The molecule has 1 N–H and O–H groups in total. The Morgan fingerprint density at radius 1 is 1.41 bits per heavy atom. The molecule has 1 aromatic carbocycles. The molecule has 0 fully saturated rings. The summed E-state index contributed by atoms with van der Waals surface area (Å²) in [5.74, 6) is -0.807. The van der Waals surface area contributed by atoms with Gasteiger partial charge in [-0.15, -0.1) is 0 Å². The van der Waals surface area contributed by atoms with E-state index in [9.17, 15) is 9.59 Å². The topological polar surface area (TPSA) is 68.3 Å². The molecule has 1 aromatic heterocycles. The Labute approximate surface area is 136 Å². The third kappa shape index (κ3) is 3.93. The molecule has 7 heteroatoms. The average Bonchev–Trinajstić information content (AvgIpc) is 2.86. The second-order valence-electron chi connectivity index (χ2n) is 4.28. The standard InChI is InChI=1S/C15H13ClN2O3S/c1-3-8-21-14(20)12-9(2)17-15(22-12)18-13(19)10-4-6-11(16)7-5-10/h3-7H,1,8H2,2H3,(H,17,18,19). The number of carbonyl (C=O) groups excluding carboxylic acids is 2. The minimum atomic E-state index is -0.484. The first-order valence-electron chi connectivity index (χ1n) is 6.33. The van der Waals surface area contributed by atoms with E-state index in [0.29, 0.717) is 26.3 Å². The monoisotopic (exact) mass is 336 g/mol. The number of rotatable bonds is 5. The van der Waals surface area contributed by atoms with Crippen molar-refractivity contribution in [3.05, 3.63) is 58.1 Å². The minimum Gasteiger partial charge on any atom is -0.457 e. The number of hydrogen-bond donors (Lipinski definition) is 1. The third-order valence-electron chi connectivity index (χ3n) is 2.64. The molecule has 0 aliphatic heterocycles. The van der Waals surface area contributed by atoms with Gasteiger partial charge in [0.05, 0.1) is 5.69 Å². The minimum absolute atomic E-state index is 0.128. The number of carbonyl (C=O) groups is 2. The Kier molecular flexibility index (Phi) is 5.30. The van der Waals surface area contributed by atoms with Crippen LogP contribution in [0.15, 0.2) is 36.9 Å². The van der Waals surface area contributed by atoms with Gasteiger partial charge in [0.1, 0.15) is 11.5 Å². The van der Waals surface area contributed by atoms with Crippen LogP contribution in [0.5, 0.6) is 0 Å². The van der Waals surface area contributed by atoms with E-state index in [1.807, 2.05) is 0 Å². The fraction of sp³-hybridized carbons (Fsp3) is 0.133. The lowest BCUT2D eigenvalue weighted by molar-refractivity contribution is 0.0554. The molecule has 0 spiro atoms. The summed E-state index contributed by atoms with van der Waals surface area (Å²) in [6.07, 6.45) is 1.48. The normalized spacial score (nSPS) is 10.1. The molecule has 0 bridgehead atoms. The number of thiazole rings is 1. The molecule has 0 aliphatic rings. The van der Waals surface area contributed by atoms with E-state index < -0.39 is 5.97 Å². The number of anilines is 1. The van der Waals surface area contributed by atoms with Crippen LogP contribution < -0.4 is 5.32 Å². The quantitative estimate of drug-likeness (QED) is 0.667. The van der Waals surface area contributed by atoms with E-state index >= 15 is 0 Å².